The zero-order valence-corrected chi connectivity index (χ0v) is 15.3. The van der Waals surface area contributed by atoms with Crippen LogP contribution in [0.5, 0.6) is 0 Å². The lowest BCUT2D eigenvalue weighted by atomic mass is 10.1. The lowest BCUT2D eigenvalue weighted by molar-refractivity contribution is -0.130. The van der Waals surface area contributed by atoms with E-state index in [0.717, 1.165) is 58.5 Å². The summed E-state index contributed by atoms with van der Waals surface area (Å²) in [5, 5.41) is 6.38. The highest BCUT2D eigenvalue weighted by molar-refractivity contribution is 5.89. The fourth-order valence-electron chi connectivity index (χ4n) is 4.07. The van der Waals surface area contributed by atoms with E-state index in [1.807, 2.05) is 4.90 Å². The zero-order chi connectivity index (χ0) is 16.1. The Kier molecular flexibility index (Phi) is 7.78. The number of rotatable bonds is 6. The van der Waals surface area contributed by atoms with Crippen molar-refractivity contribution >= 4 is 24.2 Å². The molecule has 138 valence electrons. The number of halogens is 1. The van der Waals surface area contributed by atoms with Crippen LogP contribution in [0.1, 0.15) is 38.5 Å². The molecule has 0 spiro atoms. The number of carbonyl (C=O) groups is 2. The molecule has 0 radical (unpaired) electrons. The monoisotopic (exact) mass is 358 g/mol. The van der Waals surface area contributed by atoms with E-state index in [1.165, 1.54) is 12.8 Å². The van der Waals surface area contributed by atoms with E-state index in [2.05, 4.69) is 15.5 Å². The van der Waals surface area contributed by atoms with Gasteiger partial charge in [-0.15, -0.1) is 12.4 Å². The molecule has 2 N–H and O–H groups in total. The molecule has 3 rings (SSSR count). The fraction of sp³-hybridized carbons (Fsp3) is 0.882. The summed E-state index contributed by atoms with van der Waals surface area (Å²) >= 11 is 0. The van der Waals surface area contributed by atoms with Crippen LogP contribution < -0.4 is 10.6 Å². The summed E-state index contributed by atoms with van der Waals surface area (Å²) in [6.45, 7) is 6.72. The van der Waals surface area contributed by atoms with Crippen LogP contribution in [0.4, 0.5) is 0 Å². The van der Waals surface area contributed by atoms with Gasteiger partial charge in [0.25, 0.3) is 0 Å². The van der Waals surface area contributed by atoms with Crippen molar-refractivity contribution in [2.75, 3.05) is 45.8 Å². The van der Waals surface area contributed by atoms with Crippen LogP contribution in [0.3, 0.4) is 0 Å². The highest BCUT2D eigenvalue weighted by Crippen LogP contribution is 2.29. The second-order valence-corrected chi connectivity index (χ2v) is 7.12. The number of likely N-dealkylation sites (tertiary alicyclic amines) is 1. The molecule has 3 fully saturated rings. The third-order valence-corrected chi connectivity index (χ3v) is 5.45. The Hall–Kier alpha value is -0.850. The Balaban J connectivity index is 0.00000208. The molecular formula is C17H31ClN4O2. The summed E-state index contributed by atoms with van der Waals surface area (Å²) < 4.78 is 0. The molecule has 7 heteroatoms. The van der Waals surface area contributed by atoms with Crippen molar-refractivity contribution in [3.8, 4) is 0 Å². The van der Waals surface area contributed by atoms with Crippen molar-refractivity contribution in [3.63, 3.8) is 0 Å². The predicted octanol–water partition coefficient (Wildman–Crippen LogP) is 0.611. The van der Waals surface area contributed by atoms with Gasteiger partial charge in [0.1, 0.15) is 0 Å². The highest BCUT2D eigenvalue weighted by atomic mass is 35.5. The normalized spacial score (nSPS) is 25.8. The summed E-state index contributed by atoms with van der Waals surface area (Å²) in [4.78, 5) is 28.8. The predicted molar refractivity (Wildman–Crippen MR) is 96.3 cm³/mol. The largest absolute Gasteiger partial charge is 0.356 e. The molecule has 0 bridgehead atoms. The Labute approximate surface area is 151 Å². The molecule has 2 amide bonds. The molecule has 0 aromatic rings. The second-order valence-electron chi connectivity index (χ2n) is 7.12. The number of nitrogens with one attached hydrogen (secondary N) is 2. The maximum absolute atomic E-state index is 12.3. The lowest BCUT2D eigenvalue weighted by Crippen LogP contribution is -2.44. The van der Waals surface area contributed by atoms with Gasteiger partial charge in [-0.1, -0.05) is 12.8 Å². The van der Waals surface area contributed by atoms with Crippen molar-refractivity contribution in [2.45, 2.75) is 44.6 Å². The van der Waals surface area contributed by atoms with E-state index >= 15 is 0 Å². The van der Waals surface area contributed by atoms with Gasteiger partial charge < -0.3 is 20.4 Å². The van der Waals surface area contributed by atoms with Gasteiger partial charge in [0.2, 0.25) is 11.8 Å². The van der Waals surface area contributed by atoms with Crippen LogP contribution >= 0.6 is 12.4 Å². The van der Waals surface area contributed by atoms with Gasteiger partial charge in [0, 0.05) is 51.7 Å². The van der Waals surface area contributed by atoms with E-state index in [1.54, 1.807) is 0 Å². The van der Waals surface area contributed by atoms with Gasteiger partial charge in [0.05, 0.1) is 5.92 Å². The standard InChI is InChI=1S/C17H30N4O2.ClH/c22-16-12-14(13-21(16)15-4-1-2-5-15)17(23)19-6-3-9-20-10-7-18-8-11-20;/h14-15,18H,1-13H2,(H,19,23);1H. The Bertz CT molecular complexity index is 423. The van der Waals surface area contributed by atoms with Crippen molar-refractivity contribution in [3.05, 3.63) is 0 Å². The van der Waals surface area contributed by atoms with Crippen LogP contribution in [-0.4, -0.2) is 73.5 Å². The third-order valence-electron chi connectivity index (χ3n) is 5.45. The van der Waals surface area contributed by atoms with Gasteiger partial charge in [-0.3, -0.25) is 9.59 Å². The summed E-state index contributed by atoms with van der Waals surface area (Å²) in [6, 6.07) is 0.396. The Morgan fingerprint density at radius 3 is 2.62 bits per heavy atom. The number of nitrogens with zero attached hydrogens (tertiary/aromatic N) is 2. The Morgan fingerprint density at radius 1 is 1.21 bits per heavy atom. The van der Waals surface area contributed by atoms with Gasteiger partial charge in [-0.2, -0.15) is 0 Å². The molecular weight excluding hydrogens is 328 g/mol. The van der Waals surface area contributed by atoms with Crippen molar-refractivity contribution in [1.82, 2.24) is 20.4 Å². The molecule has 2 saturated heterocycles. The number of hydrogen-bond donors (Lipinski definition) is 2. The first kappa shape index (κ1) is 19.5. The molecule has 1 saturated carbocycles. The van der Waals surface area contributed by atoms with Gasteiger partial charge in [-0.25, -0.2) is 0 Å². The van der Waals surface area contributed by atoms with Crippen LogP contribution in [0, 0.1) is 5.92 Å². The minimum absolute atomic E-state index is 0. The zero-order valence-electron chi connectivity index (χ0n) is 14.5. The molecule has 1 aliphatic carbocycles. The third kappa shape index (κ3) is 5.07. The fourth-order valence-corrected chi connectivity index (χ4v) is 4.07. The number of hydrogen-bond acceptors (Lipinski definition) is 4. The highest BCUT2D eigenvalue weighted by Gasteiger charge is 2.38. The first-order valence-electron chi connectivity index (χ1n) is 9.24. The van der Waals surface area contributed by atoms with Crippen LogP contribution in [0.2, 0.25) is 0 Å². The number of piperazine rings is 1. The number of amides is 2. The average Bonchev–Trinajstić information content (AvgIpc) is 3.21. The summed E-state index contributed by atoms with van der Waals surface area (Å²) in [7, 11) is 0. The Morgan fingerprint density at radius 2 is 1.92 bits per heavy atom. The van der Waals surface area contributed by atoms with Gasteiger partial charge in [-0.05, 0) is 25.8 Å². The van der Waals surface area contributed by atoms with Gasteiger partial charge >= 0.3 is 0 Å². The summed E-state index contributed by atoms with van der Waals surface area (Å²) in [5.41, 5.74) is 0. The first-order valence-corrected chi connectivity index (χ1v) is 9.24. The molecule has 24 heavy (non-hydrogen) atoms. The molecule has 2 aliphatic heterocycles. The maximum atomic E-state index is 12.3. The van der Waals surface area contributed by atoms with Crippen LogP contribution in [-0.2, 0) is 9.59 Å². The number of carbonyl (C=O) groups excluding carboxylic acids is 2. The summed E-state index contributed by atoms with van der Waals surface area (Å²) in [5.74, 6) is 0.110. The summed E-state index contributed by atoms with van der Waals surface area (Å²) in [6.07, 6.45) is 6.06. The molecule has 0 aromatic carbocycles. The second kappa shape index (κ2) is 9.59. The van der Waals surface area contributed by atoms with Crippen LogP contribution in [0.15, 0.2) is 0 Å². The molecule has 3 aliphatic rings. The molecule has 0 aromatic heterocycles. The minimum Gasteiger partial charge on any atom is -0.356 e. The van der Waals surface area contributed by atoms with E-state index in [0.29, 0.717) is 19.0 Å². The van der Waals surface area contributed by atoms with Crippen molar-refractivity contribution in [2.24, 2.45) is 5.92 Å². The van der Waals surface area contributed by atoms with Gasteiger partial charge in [0.15, 0.2) is 0 Å². The topological polar surface area (TPSA) is 64.7 Å². The van der Waals surface area contributed by atoms with Crippen molar-refractivity contribution in [1.29, 1.82) is 0 Å². The smallest absolute Gasteiger partial charge is 0.225 e. The first-order chi connectivity index (χ1) is 11.2. The van der Waals surface area contributed by atoms with Crippen LogP contribution in [0.25, 0.3) is 0 Å². The van der Waals surface area contributed by atoms with E-state index in [4.69, 9.17) is 0 Å². The minimum atomic E-state index is -0.137. The molecule has 2 heterocycles. The van der Waals surface area contributed by atoms with Crippen molar-refractivity contribution < 1.29 is 9.59 Å². The SMILES string of the molecule is Cl.O=C(NCCCN1CCNCC1)C1CC(=O)N(C2CCCC2)C1. The van der Waals surface area contributed by atoms with E-state index < -0.39 is 0 Å². The van der Waals surface area contributed by atoms with E-state index in [9.17, 15) is 9.59 Å². The average molecular weight is 359 g/mol. The quantitative estimate of drug-likeness (QED) is 0.683. The lowest BCUT2D eigenvalue weighted by Gasteiger charge is -2.27. The molecule has 1 atom stereocenters. The van der Waals surface area contributed by atoms with E-state index in [-0.39, 0.29) is 30.1 Å². The maximum Gasteiger partial charge on any atom is 0.225 e. The molecule has 6 nitrogen and oxygen atoms in total. The molecule has 1 unspecified atom stereocenters.